The summed E-state index contributed by atoms with van der Waals surface area (Å²) in [4.78, 5) is 15.8. The Hall–Kier alpha value is -2.15. The first-order valence-electron chi connectivity index (χ1n) is 6.56. The first-order chi connectivity index (χ1) is 9.65. The topological polar surface area (TPSA) is 88.0 Å². The highest BCUT2D eigenvalue weighted by Crippen LogP contribution is 2.04. The van der Waals surface area contributed by atoms with Crippen molar-refractivity contribution in [1.82, 2.24) is 19.3 Å². The van der Waals surface area contributed by atoms with Gasteiger partial charge in [-0.05, 0) is 13.3 Å². The molecule has 0 bridgehead atoms. The van der Waals surface area contributed by atoms with Crippen LogP contribution in [0.3, 0.4) is 0 Å². The van der Waals surface area contributed by atoms with Crippen LogP contribution in [0.5, 0.6) is 5.75 Å². The number of rotatable bonds is 7. The molecule has 7 nitrogen and oxygen atoms in total. The summed E-state index contributed by atoms with van der Waals surface area (Å²) < 4.78 is 8.74. The third-order valence-corrected chi connectivity index (χ3v) is 2.70. The van der Waals surface area contributed by atoms with Crippen LogP contribution < -0.4 is 16.0 Å². The van der Waals surface area contributed by atoms with Crippen molar-refractivity contribution in [2.45, 2.75) is 32.5 Å². The van der Waals surface area contributed by atoms with Crippen molar-refractivity contribution in [1.29, 1.82) is 0 Å². The van der Waals surface area contributed by atoms with E-state index in [0.717, 1.165) is 13.0 Å². The Morgan fingerprint density at radius 2 is 2.30 bits per heavy atom. The maximum absolute atomic E-state index is 11.8. The van der Waals surface area contributed by atoms with Crippen LogP contribution in [0.1, 0.15) is 13.3 Å². The highest BCUT2D eigenvalue weighted by molar-refractivity contribution is 5.13. The van der Waals surface area contributed by atoms with Gasteiger partial charge in [-0.2, -0.15) is 5.10 Å². The molecule has 0 radical (unpaired) electrons. The summed E-state index contributed by atoms with van der Waals surface area (Å²) >= 11 is 0. The first kappa shape index (κ1) is 14.3. The van der Waals surface area contributed by atoms with Crippen LogP contribution >= 0.6 is 0 Å². The summed E-state index contributed by atoms with van der Waals surface area (Å²) in [6.45, 7) is 3.57. The van der Waals surface area contributed by atoms with Gasteiger partial charge in [0.2, 0.25) is 0 Å². The standard InChI is InChI=1S/C13H19N5O2/c1-11(14)9-20-12-7-13(19)18(16-8-12)5-2-4-17-6-3-15-10-17/h3,6-8,10-11H,2,4-5,9,14H2,1H3. The fourth-order valence-corrected chi connectivity index (χ4v) is 1.71. The van der Waals surface area contributed by atoms with E-state index in [1.807, 2.05) is 17.7 Å². The van der Waals surface area contributed by atoms with Crippen LogP contribution in [0.2, 0.25) is 0 Å². The predicted octanol–water partition coefficient (Wildman–Crippen LogP) is 0.256. The third-order valence-electron chi connectivity index (χ3n) is 2.70. The number of hydrogen-bond donors (Lipinski definition) is 1. The molecule has 0 fully saturated rings. The molecule has 0 aliphatic carbocycles. The van der Waals surface area contributed by atoms with Crippen LogP contribution in [0.15, 0.2) is 35.8 Å². The van der Waals surface area contributed by atoms with E-state index >= 15 is 0 Å². The highest BCUT2D eigenvalue weighted by Gasteiger charge is 2.02. The van der Waals surface area contributed by atoms with E-state index < -0.39 is 0 Å². The van der Waals surface area contributed by atoms with Crippen molar-refractivity contribution in [2.75, 3.05) is 6.61 Å². The Kier molecular flexibility index (Phi) is 4.89. The van der Waals surface area contributed by atoms with Gasteiger partial charge in [-0.3, -0.25) is 4.79 Å². The normalized spacial score (nSPS) is 12.3. The Labute approximate surface area is 117 Å². The molecule has 2 rings (SSSR count). The summed E-state index contributed by atoms with van der Waals surface area (Å²) in [5.41, 5.74) is 5.42. The average molecular weight is 277 g/mol. The molecular weight excluding hydrogens is 258 g/mol. The van der Waals surface area contributed by atoms with Crippen molar-refractivity contribution in [3.05, 3.63) is 41.3 Å². The van der Waals surface area contributed by atoms with Gasteiger partial charge in [0.15, 0.2) is 0 Å². The number of ether oxygens (including phenoxy) is 1. The van der Waals surface area contributed by atoms with Gasteiger partial charge >= 0.3 is 0 Å². The molecule has 1 unspecified atom stereocenters. The second-order valence-electron chi connectivity index (χ2n) is 4.70. The van der Waals surface area contributed by atoms with Gasteiger partial charge in [-0.1, -0.05) is 0 Å². The Balaban J connectivity index is 1.87. The quantitative estimate of drug-likeness (QED) is 0.784. The van der Waals surface area contributed by atoms with Gasteiger partial charge in [0.05, 0.1) is 12.5 Å². The summed E-state index contributed by atoms with van der Waals surface area (Å²) in [5.74, 6) is 0.457. The van der Waals surface area contributed by atoms with Gasteiger partial charge < -0.3 is 15.0 Å². The molecule has 0 saturated carbocycles. The van der Waals surface area contributed by atoms with E-state index in [4.69, 9.17) is 10.5 Å². The number of imidazole rings is 1. The number of hydrogen-bond acceptors (Lipinski definition) is 5. The van der Waals surface area contributed by atoms with Crippen molar-refractivity contribution in [3.63, 3.8) is 0 Å². The van der Waals surface area contributed by atoms with Gasteiger partial charge in [0.1, 0.15) is 12.4 Å². The molecule has 2 aromatic rings. The average Bonchev–Trinajstić information content (AvgIpc) is 2.92. The van der Waals surface area contributed by atoms with E-state index in [1.54, 1.807) is 18.7 Å². The SMILES string of the molecule is CC(N)COc1cnn(CCCn2ccnc2)c(=O)c1. The molecule has 2 heterocycles. The summed E-state index contributed by atoms with van der Waals surface area (Å²) in [6, 6.07) is 1.36. The lowest BCUT2D eigenvalue weighted by Crippen LogP contribution is -2.26. The number of nitrogens with zero attached hydrogens (tertiary/aromatic N) is 4. The lowest BCUT2D eigenvalue weighted by atomic mass is 10.4. The maximum atomic E-state index is 11.8. The third kappa shape index (κ3) is 4.20. The van der Waals surface area contributed by atoms with Gasteiger partial charge in [-0.25, -0.2) is 9.67 Å². The molecule has 0 amide bonds. The summed E-state index contributed by atoms with van der Waals surface area (Å²) in [5, 5.41) is 4.09. The largest absolute Gasteiger partial charge is 0.490 e. The molecule has 1 atom stereocenters. The molecule has 108 valence electrons. The first-order valence-corrected chi connectivity index (χ1v) is 6.56. The van der Waals surface area contributed by atoms with Crippen molar-refractivity contribution in [3.8, 4) is 5.75 Å². The minimum atomic E-state index is -0.169. The minimum Gasteiger partial charge on any atom is -0.490 e. The Bertz CT molecular complexity index is 577. The smallest absolute Gasteiger partial charge is 0.270 e. The zero-order chi connectivity index (χ0) is 14.4. The van der Waals surface area contributed by atoms with Crippen molar-refractivity contribution >= 4 is 0 Å². The molecular formula is C13H19N5O2. The van der Waals surface area contributed by atoms with E-state index in [-0.39, 0.29) is 11.6 Å². The highest BCUT2D eigenvalue weighted by atomic mass is 16.5. The minimum absolute atomic E-state index is 0.0763. The summed E-state index contributed by atoms with van der Waals surface area (Å²) in [7, 11) is 0. The molecule has 20 heavy (non-hydrogen) atoms. The van der Waals surface area contributed by atoms with E-state index in [0.29, 0.717) is 18.9 Å². The van der Waals surface area contributed by atoms with Crippen LogP contribution in [0.25, 0.3) is 0 Å². The molecule has 0 aliphatic rings. The van der Waals surface area contributed by atoms with Crippen molar-refractivity contribution in [2.24, 2.45) is 5.73 Å². The predicted molar refractivity (Wildman–Crippen MR) is 74.5 cm³/mol. The molecule has 0 aromatic carbocycles. The lowest BCUT2D eigenvalue weighted by molar-refractivity contribution is 0.292. The summed E-state index contributed by atoms with van der Waals surface area (Å²) in [6.07, 6.45) is 7.72. The van der Waals surface area contributed by atoms with Crippen molar-refractivity contribution < 1.29 is 4.74 Å². The fraction of sp³-hybridized carbons (Fsp3) is 0.462. The molecule has 0 aliphatic heterocycles. The van der Waals surface area contributed by atoms with E-state index in [2.05, 4.69) is 10.1 Å². The molecule has 2 aromatic heterocycles. The lowest BCUT2D eigenvalue weighted by Gasteiger charge is -2.09. The molecule has 2 N–H and O–H groups in total. The van der Waals surface area contributed by atoms with E-state index in [1.165, 1.54) is 10.7 Å². The number of aromatic nitrogens is 4. The van der Waals surface area contributed by atoms with Crippen LogP contribution in [-0.4, -0.2) is 32.0 Å². The molecule has 7 heteroatoms. The zero-order valence-electron chi connectivity index (χ0n) is 11.5. The van der Waals surface area contributed by atoms with Gasteiger partial charge in [0.25, 0.3) is 5.56 Å². The van der Waals surface area contributed by atoms with Gasteiger partial charge in [0, 0.05) is 37.6 Å². The zero-order valence-corrected chi connectivity index (χ0v) is 11.5. The number of nitrogens with two attached hydrogens (primary N) is 1. The van der Waals surface area contributed by atoms with Crippen LogP contribution in [-0.2, 0) is 13.1 Å². The van der Waals surface area contributed by atoms with E-state index in [9.17, 15) is 4.79 Å². The fourth-order valence-electron chi connectivity index (χ4n) is 1.71. The monoisotopic (exact) mass is 277 g/mol. The molecule has 0 saturated heterocycles. The second kappa shape index (κ2) is 6.85. The second-order valence-corrected chi connectivity index (χ2v) is 4.70. The maximum Gasteiger partial charge on any atom is 0.270 e. The number of aryl methyl sites for hydroxylation is 2. The van der Waals surface area contributed by atoms with Crippen LogP contribution in [0, 0.1) is 0 Å². The van der Waals surface area contributed by atoms with Gasteiger partial charge in [-0.15, -0.1) is 0 Å². The molecule has 0 spiro atoms. The Morgan fingerprint density at radius 3 is 2.95 bits per heavy atom. The van der Waals surface area contributed by atoms with Crippen LogP contribution in [0.4, 0.5) is 0 Å². The Morgan fingerprint density at radius 1 is 1.45 bits per heavy atom.